The average molecular weight is 299 g/mol. The van der Waals surface area contributed by atoms with Gasteiger partial charge in [0.15, 0.2) is 0 Å². The lowest BCUT2D eigenvalue weighted by Crippen LogP contribution is -2.16. The van der Waals surface area contributed by atoms with Gasteiger partial charge in [-0.05, 0) is 39.2 Å². The van der Waals surface area contributed by atoms with Crippen LogP contribution in [0.1, 0.15) is 22.0 Å². The molecule has 0 saturated heterocycles. The maximum absolute atomic E-state index is 5.94. The number of halogens is 1. The van der Waals surface area contributed by atoms with Crippen molar-refractivity contribution in [3.05, 3.63) is 44.5 Å². The summed E-state index contributed by atoms with van der Waals surface area (Å²) in [5.41, 5.74) is 1.23. The van der Waals surface area contributed by atoms with E-state index in [-0.39, 0.29) is 0 Å². The van der Waals surface area contributed by atoms with Crippen molar-refractivity contribution in [1.29, 1.82) is 0 Å². The summed E-state index contributed by atoms with van der Waals surface area (Å²) in [5, 5.41) is 3.15. The lowest BCUT2D eigenvalue weighted by molar-refractivity contribution is 0.287. The molecule has 0 aliphatic heterocycles. The van der Waals surface area contributed by atoms with Crippen molar-refractivity contribution in [1.82, 2.24) is 10.2 Å². The zero-order chi connectivity index (χ0) is 13.8. The fraction of sp³-hybridized carbons (Fsp3) is 0.429. The Hall–Kier alpha value is -0.810. The van der Waals surface area contributed by atoms with E-state index in [1.165, 1.54) is 10.4 Å². The Morgan fingerprint density at radius 1 is 1.37 bits per heavy atom. The van der Waals surface area contributed by atoms with E-state index in [2.05, 4.69) is 29.4 Å². The Bertz CT molecular complexity index is 535. The Morgan fingerprint density at radius 3 is 2.79 bits per heavy atom. The molecule has 19 heavy (non-hydrogen) atoms. The van der Waals surface area contributed by atoms with E-state index < -0.39 is 0 Å². The van der Waals surface area contributed by atoms with Crippen molar-refractivity contribution in [2.24, 2.45) is 0 Å². The molecule has 0 aliphatic rings. The van der Waals surface area contributed by atoms with E-state index >= 15 is 0 Å². The van der Waals surface area contributed by atoms with Crippen molar-refractivity contribution in [3.8, 4) is 0 Å². The maximum atomic E-state index is 5.94. The molecule has 0 amide bonds. The van der Waals surface area contributed by atoms with Crippen molar-refractivity contribution >= 4 is 22.9 Å². The molecule has 2 aromatic rings. The topological polar surface area (TPSA) is 28.4 Å². The minimum Gasteiger partial charge on any atom is -0.465 e. The molecule has 2 heterocycles. The molecule has 0 fully saturated rings. The van der Waals surface area contributed by atoms with Crippen molar-refractivity contribution in [2.75, 3.05) is 14.1 Å². The van der Waals surface area contributed by atoms with Crippen molar-refractivity contribution in [2.45, 2.75) is 26.6 Å². The van der Waals surface area contributed by atoms with Gasteiger partial charge in [0.05, 0.1) is 10.9 Å². The van der Waals surface area contributed by atoms with Crippen LogP contribution in [-0.4, -0.2) is 19.0 Å². The number of hydrogen-bond donors (Lipinski definition) is 1. The molecule has 0 radical (unpaired) electrons. The largest absolute Gasteiger partial charge is 0.465 e. The highest BCUT2D eigenvalue weighted by Crippen LogP contribution is 2.23. The van der Waals surface area contributed by atoms with Crippen LogP contribution in [0.25, 0.3) is 0 Å². The SMILES string of the molecule is CNCc1cc(CN(C)Cc2ccc(Cl)s2)oc1C. The first-order valence-electron chi connectivity index (χ1n) is 6.24. The first-order chi connectivity index (χ1) is 9.08. The molecule has 104 valence electrons. The van der Waals surface area contributed by atoms with Gasteiger partial charge in [-0.15, -0.1) is 11.3 Å². The Balaban J connectivity index is 1.94. The molecule has 2 aromatic heterocycles. The number of hydrogen-bond acceptors (Lipinski definition) is 4. The molecular weight excluding hydrogens is 280 g/mol. The number of nitrogens with one attached hydrogen (secondary N) is 1. The smallest absolute Gasteiger partial charge is 0.118 e. The standard InChI is InChI=1S/C14H19ClN2OS/c1-10-11(7-16-2)6-12(18-10)8-17(3)9-13-4-5-14(15)19-13/h4-6,16H,7-9H2,1-3H3. The van der Waals surface area contributed by atoms with E-state index in [1.807, 2.05) is 20.0 Å². The zero-order valence-corrected chi connectivity index (χ0v) is 13.1. The molecule has 0 bridgehead atoms. The lowest BCUT2D eigenvalue weighted by atomic mass is 10.2. The second-order valence-corrected chi connectivity index (χ2v) is 6.50. The number of furan rings is 1. The summed E-state index contributed by atoms with van der Waals surface area (Å²) in [7, 11) is 4.03. The van der Waals surface area contributed by atoms with Gasteiger partial charge in [-0.25, -0.2) is 0 Å². The maximum Gasteiger partial charge on any atom is 0.118 e. The Labute approximate surface area is 123 Å². The van der Waals surface area contributed by atoms with Gasteiger partial charge < -0.3 is 9.73 Å². The molecule has 0 atom stereocenters. The van der Waals surface area contributed by atoms with Gasteiger partial charge in [0.2, 0.25) is 0 Å². The van der Waals surface area contributed by atoms with Crippen LogP contribution >= 0.6 is 22.9 Å². The van der Waals surface area contributed by atoms with E-state index in [1.54, 1.807) is 11.3 Å². The number of rotatable bonds is 6. The molecule has 0 aromatic carbocycles. The van der Waals surface area contributed by atoms with Gasteiger partial charge in [0, 0.05) is 23.5 Å². The van der Waals surface area contributed by atoms with Crippen LogP contribution in [0.4, 0.5) is 0 Å². The fourth-order valence-electron chi connectivity index (χ4n) is 2.06. The van der Waals surface area contributed by atoms with Crippen LogP contribution in [0, 0.1) is 6.92 Å². The van der Waals surface area contributed by atoms with Gasteiger partial charge in [-0.2, -0.15) is 0 Å². The molecular formula is C14H19ClN2OS. The molecule has 3 nitrogen and oxygen atoms in total. The molecule has 5 heteroatoms. The Morgan fingerprint density at radius 2 is 2.16 bits per heavy atom. The molecule has 0 aliphatic carbocycles. The monoisotopic (exact) mass is 298 g/mol. The summed E-state index contributed by atoms with van der Waals surface area (Å²) in [6.45, 7) is 4.55. The minimum absolute atomic E-state index is 0.806. The van der Waals surface area contributed by atoms with Gasteiger partial charge in [0.25, 0.3) is 0 Å². The lowest BCUT2D eigenvalue weighted by Gasteiger charge is -2.13. The molecule has 0 spiro atoms. The van der Waals surface area contributed by atoms with Gasteiger partial charge >= 0.3 is 0 Å². The summed E-state index contributed by atoms with van der Waals surface area (Å²) in [4.78, 5) is 3.50. The predicted octanol–water partition coefficient (Wildman–Crippen LogP) is 3.65. The zero-order valence-electron chi connectivity index (χ0n) is 11.5. The van der Waals surface area contributed by atoms with Gasteiger partial charge in [0.1, 0.15) is 11.5 Å². The van der Waals surface area contributed by atoms with Crippen LogP contribution in [0.15, 0.2) is 22.6 Å². The van der Waals surface area contributed by atoms with Crippen LogP contribution in [-0.2, 0) is 19.6 Å². The summed E-state index contributed by atoms with van der Waals surface area (Å²) < 4.78 is 6.62. The van der Waals surface area contributed by atoms with Crippen LogP contribution in [0.3, 0.4) is 0 Å². The van der Waals surface area contributed by atoms with Crippen molar-refractivity contribution < 1.29 is 4.42 Å². The quantitative estimate of drug-likeness (QED) is 0.882. The summed E-state index contributed by atoms with van der Waals surface area (Å²) in [6, 6.07) is 6.14. The van der Waals surface area contributed by atoms with E-state index in [0.717, 1.165) is 35.5 Å². The minimum atomic E-state index is 0.806. The molecule has 0 saturated carbocycles. The number of aryl methyl sites for hydroxylation is 1. The summed E-state index contributed by atoms with van der Waals surface area (Å²) in [6.07, 6.45) is 0. The van der Waals surface area contributed by atoms with E-state index in [4.69, 9.17) is 16.0 Å². The predicted molar refractivity (Wildman–Crippen MR) is 80.7 cm³/mol. The second kappa shape index (κ2) is 6.57. The normalized spacial score (nSPS) is 11.4. The summed E-state index contributed by atoms with van der Waals surface area (Å²) >= 11 is 7.56. The third kappa shape index (κ3) is 4.08. The average Bonchev–Trinajstić information content (AvgIpc) is 2.87. The third-order valence-electron chi connectivity index (χ3n) is 2.92. The Kier molecular flexibility index (Phi) is 5.05. The number of nitrogens with zero attached hydrogens (tertiary/aromatic N) is 1. The summed E-state index contributed by atoms with van der Waals surface area (Å²) in [5.74, 6) is 2.00. The molecule has 0 unspecified atom stereocenters. The highest BCUT2D eigenvalue weighted by Gasteiger charge is 2.10. The molecule has 1 N–H and O–H groups in total. The highest BCUT2D eigenvalue weighted by atomic mass is 35.5. The first kappa shape index (κ1) is 14.6. The third-order valence-corrected chi connectivity index (χ3v) is 4.14. The number of thiophene rings is 1. The molecule has 2 rings (SSSR count). The second-order valence-electron chi connectivity index (χ2n) is 4.70. The van der Waals surface area contributed by atoms with Crippen LogP contribution in [0.2, 0.25) is 4.34 Å². The van der Waals surface area contributed by atoms with E-state index in [0.29, 0.717) is 0 Å². The first-order valence-corrected chi connectivity index (χ1v) is 7.43. The van der Waals surface area contributed by atoms with Crippen LogP contribution < -0.4 is 5.32 Å². The van der Waals surface area contributed by atoms with Gasteiger partial charge in [-0.3, -0.25) is 4.90 Å². The fourth-order valence-corrected chi connectivity index (χ4v) is 3.22. The van der Waals surface area contributed by atoms with Crippen LogP contribution in [0.5, 0.6) is 0 Å². The highest BCUT2D eigenvalue weighted by molar-refractivity contribution is 7.16. The van der Waals surface area contributed by atoms with Gasteiger partial charge in [-0.1, -0.05) is 11.6 Å². The van der Waals surface area contributed by atoms with E-state index in [9.17, 15) is 0 Å². The van der Waals surface area contributed by atoms with Crippen molar-refractivity contribution in [3.63, 3.8) is 0 Å².